The fraction of sp³-hybridized carbons (Fsp3) is 0.467. The van der Waals surface area contributed by atoms with Crippen LogP contribution in [-0.2, 0) is 24.3 Å². The molecule has 1 aromatic rings. The first-order chi connectivity index (χ1) is 10.9. The molecule has 1 saturated heterocycles. The van der Waals surface area contributed by atoms with E-state index in [0.717, 1.165) is 19.3 Å². The number of hydrogen-bond acceptors (Lipinski definition) is 5. The number of piperidine rings is 1. The number of carbonyl (C=O) groups excluding carboxylic acids is 2. The van der Waals surface area contributed by atoms with Crippen LogP contribution in [0.25, 0.3) is 0 Å². The summed E-state index contributed by atoms with van der Waals surface area (Å²) in [6.07, 6.45) is 2.78. The van der Waals surface area contributed by atoms with E-state index in [1.54, 1.807) is 6.92 Å². The van der Waals surface area contributed by atoms with Crippen molar-refractivity contribution in [3.63, 3.8) is 0 Å². The van der Waals surface area contributed by atoms with Gasteiger partial charge in [-0.1, -0.05) is 6.42 Å². The Labute approximate surface area is 135 Å². The molecule has 1 aromatic carbocycles. The maximum absolute atomic E-state index is 12.5. The van der Waals surface area contributed by atoms with Crippen LogP contribution in [0.1, 0.15) is 26.2 Å². The molecule has 1 amide bonds. The summed E-state index contributed by atoms with van der Waals surface area (Å²) in [7, 11) is -3.50. The van der Waals surface area contributed by atoms with Gasteiger partial charge in [0.05, 0.1) is 11.5 Å². The van der Waals surface area contributed by atoms with Gasteiger partial charge in [0.2, 0.25) is 10.0 Å². The summed E-state index contributed by atoms with van der Waals surface area (Å²) < 4.78 is 31.0. The fourth-order valence-corrected chi connectivity index (χ4v) is 3.86. The third-order valence-electron chi connectivity index (χ3n) is 3.53. The third-order valence-corrected chi connectivity index (χ3v) is 5.44. The number of esters is 1. The molecule has 0 atom stereocenters. The predicted molar refractivity (Wildman–Crippen MR) is 84.3 cm³/mol. The second kappa shape index (κ2) is 7.56. The average Bonchev–Trinajstić information content (AvgIpc) is 2.56. The van der Waals surface area contributed by atoms with Crippen LogP contribution in [-0.4, -0.2) is 44.3 Å². The minimum absolute atomic E-state index is 0.110. The Morgan fingerprint density at radius 3 is 2.30 bits per heavy atom. The van der Waals surface area contributed by atoms with E-state index in [2.05, 4.69) is 10.1 Å². The molecule has 0 unspecified atom stereocenters. The fourth-order valence-electron chi connectivity index (χ4n) is 2.34. The zero-order valence-electron chi connectivity index (χ0n) is 12.9. The minimum atomic E-state index is -3.50. The van der Waals surface area contributed by atoms with Gasteiger partial charge >= 0.3 is 11.9 Å². The number of amides is 1. The molecule has 23 heavy (non-hydrogen) atoms. The molecule has 8 heteroatoms. The molecule has 0 aromatic heterocycles. The highest BCUT2D eigenvalue weighted by molar-refractivity contribution is 7.89. The zero-order chi connectivity index (χ0) is 16.9. The maximum Gasteiger partial charge on any atom is 0.397 e. The molecule has 126 valence electrons. The quantitative estimate of drug-likeness (QED) is 0.660. The van der Waals surface area contributed by atoms with Gasteiger partial charge in [-0.3, -0.25) is 4.79 Å². The van der Waals surface area contributed by atoms with Gasteiger partial charge in [-0.25, -0.2) is 13.2 Å². The van der Waals surface area contributed by atoms with Crippen LogP contribution < -0.4 is 5.32 Å². The van der Waals surface area contributed by atoms with Gasteiger partial charge < -0.3 is 10.1 Å². The normalized spacial score (nSPS) is 15.9. The highest BCUT2D eigenvalue weighted by atomic mass is 32.2. The SMILES string of the molecule is CCOC(=O)C(=O)Nc1ccc(S(=O)(=O)N2CCCCC2)cc1. The lowest BCUT2D eigenvalue weighted by atomic mass is 10.2. The number of nitrogens with one attached hydrogen (secondary N) is 1. The summed E-state index contributed by atoms with van der Waals surface area (Å²) in [5.74, 6) is -1.86. The lowest BCUT2D eigenvalue weighted by Gasteiger charge is -2.25. The predicted octanol–water partition coefficient (Wildman–Crippen LogP) is 1.36. The highest BCUT2D eigenvalue weighted by Crippen LogP contribution is 2.21. The molecule has 1 N–H and O–H groups in total. The molecule has 1 heterocycles. The Morgan fingerprint density at radius 2 is 1.74 bits per heavy atom. The van der Waals surface area contributed by atoms with Crippen LogP contribution in [0.2, 0.25) is 0 Å². The summed E-state index contributed by atoms with van der Waals surface area (Å²) in [5.41, 5.74) is 0.334. The summed E-state index contributed by atoms with van der Waals surface area (Å²) in [6, 6.07) is 5.75. The number of carbonyl (C=O) groups is 2. The van der Waals surface area contributed by atoms with Crippen molar-refractivity contribution in [2.24, 2.45) is 0 Å². The second-order valence-corrected chi connectivity index (χ2v) is 7.10. The maximum atomic E-state index is 12.5. The van der Waals surface area contributed by atoms with Gasteiger partial charge in [-0.05, 0) is 44.0 Å². The number of nitrogens with zero attached hydrogens (tertiary/aromatic N) is 1. The van der Waals surface area contributed by atoms with E-state index in [9.17, 15) is 18.0 Å². The molecule has 0 spiro atoms. The Morgan fingerprint density at radius 1 is 1.13 bits per heavy atom. The third kappa shape index (κ3) is 4.29. The number of ether oxygens (including phenoxy) is 1. The van der Waals surface area contributed by atoms with Gasteiger partial charge in [-0.2, -0.15) is 4.31 Å². The van der Waals surface area contributed by atoms with Crippen LogP contribution in [0.15, 0.2) is 29.2 Å². The number of rotatable bonds is 4. The molecule has 1 fully saturated rings. The average molecular weight is 340 g/mol. The molecule has 0 radical (unpaired) electrons. The molecular weight excluding hydrogens is 320 g/mol. The van der Waals surface area contributed by atoms with Crippen molar-refractivity contribution in [2.45, 2.75) is 31.1 Å². The van der Waals surface area contributed by atoms with Gasteiger partial charge in [0.15, 0.2) is 0 Å². The van der Waals surface area contributed by atoms with Crippen LogP contribution >= 0.6 is 0 Å². The van der Waals surface area contributed by atoms with Crippen molar-refractivity contribution in [3.05, 3.63) is 24.3 Å². The van der Waals surface area contributed by atoms with Crippen LogP contribution in [0, 0.1) is 0 Å². The van der Waals surface area contributed by atoms with Crippen molar-refractivity contribution in [2.75, 3.05) is 25.0 Å². The summed E-state index contributed by atoms with van der Waals surface area (Å²) in [5, 5.41) is 2.36. The number of benzene rings is 1. The van der Waals surface area contributed by atoms with E-state index < -0.39 is 21.9 Å². The molecule has 0 bridgehead atoms. The second-order valence-electron chi connectivity index (χ2n) is 5.16. The van der Waals surface area contributed by atoms with E-state index in [0.29, 0.717) is 18.8 Å². The minimum Gasteiger partial charge on any atom is -0.459 e. The Hall–Kier alpha value is -1.93. The molecule has 7 nitrogen and oxygen atoms in total. The van der Waals surface area contributed by atoms with Gasteiger partial charge in [0, 0.05) is 18.8 Å². The number of hydrogen-bond donors (Lipinski definition) is 1. The van der Waals surface area contributed by atoms with Crippen molar-refractivity contribution in [1.29, 1.82) is 0 Å². The number of sulfonamides is 1. The Bertz CT molecular complexity index is 664. The van der Waals surface area contributed by atoms with Crippen molar-refractivity contribution in [1.82, 2.24) is 4.31 Å². The first-order valence-electron chi connectivity index (χ1n) is 7.53. The van der Waals surface area contributed by atoms with Crippen molar-refractivity contribution in [3.8, 4) is 0 Å². The number of anilines is 1. The van der Waals surface area contributed by atoms with E-state index >= 15 is 0 Å². The summed E-state index contributed by atoms with van der Waals surface area (Å²) in [6.45, 7) is 2.78. The van der Waals surface area contributed by atoms with E-state index in [-0.39, 0.29) is 11.5 Å². The van der Waals surface area contributed by atoms with Crippen molar-refractivity contribution < 1.29 is 22.7 Å². The topological polar surface area (TPSA) is 92.8 Å². The van der Waals surface area contributed by atoms with Gasteiger partial charge in [0.1, 0.15) is 0 Å². The monoisotopic (exact) mass is 340 g/mol. The summed E-state index contributed by atoms with van der Waals surface area (Å²) >= 11 is 0. The molecule has 2 rings (SSSR count). The van der Waals surface area contributed by atoms with Gasteiger partial charge in [-0.15, -0.1) is 0 Å². The molecular formula is C15H20N2O5S. The summed E-state index contributed by atoms with van der Waals surface area (Å²) in [4.78, 5) is 22.9. The van der Waals surface area contributed by atoms with Crippen LogP contribution in [0.4, 0.5) is 5.69 Å². The van der Waals surface area contributed by atoms with Crippen LogP contribution in [0.3, 0.4) is 0 Å². The molecule has 0 aliphatic carbocycles. The molecule has 0 saturated carbocycles. The van der Waals surface area contributed by atoms with E-state index in [1.807, 2.05) is 0 Å². The largest absolute Gasteiger partial charge is 0.459 e. The lowest BCUT2D eigenvalue weighted by molar-refractivity contribution is -0.152. The standard InChI is InChI=1S/C15H20N2O5S/c1-2-22-15(19)14(18)16-12-6-8-13(9-7-12)23(20,21)17-10-4-3-5-11-17/h6-9H,2-5,10-11H2,1H3,(H,16,18). The van der Waals surface area contributed by atoms with Crippen LogP contribution in [0.5, 0.6) is 0 Å². The first kappa shape index (κ1) is 17.4. The lowest BCUT2D eigenvalue weighted by Crippen LogP contribution is -2.35. The van der Waals surface area contributed by atoms with Gasteiger partial charge in [0.25, 0.3) is 0 Å². The molecule has 1 aliphatic heterocycles. The Balaban J connectivity index is 2.07. The Kier molecular flexibility index (Phi) is 5.73. The van der Waals surface area contributed by atoms with Crippen molar-refractivity contribution >= 4 is 27.6 Å². The van der Waals surface area contributed by atoms with E-state index in [1.165, 1.54) is 28.6 Å². The molecule has 1 aliphatic rings. The zero-order valence-corrected chi connectivity index (χ0v) is 13.8. The smallest absolute Gasteiger partial charge is 0.397 e. The first-order valence-corrected chi connectivity index (χ1v) is 8.97. The highest BCUT2D eigenvalue weighted by Gasteiger charge is 2.25. The van der Waals surface area contributed by atoms with E-state index in [4.69, 9.17) is 0 Å².